The predicted molar refractivity (Wildman–Crippen MR) is 62.9 cm³/mol. The van der Waals surface area contributed by atoms with Crippen LogP contribution >= 0.6 is 0 Å². The summed E-state index contributed by atoms with van der Waals surface area (Å²) in [6.45, 7) is 0.554. The fourth-order valence-corrected chi connectivity index (χ4v) is 1.32. The Bertz CT molecular complexity index is 458. The van der Waals surface area contributed by atoms with Crippen molar-refractivity contribution in [2.75, 3.05) is 12.4 Å². The first-order valence-electron chi connectivity index (χ1n) is 5.39. The van der Waals surface area contributed by atoms with Gasteiger partial charge in [0.15, 0.2) is 5.60 Å². The molecule has 1 aromatic carbocycles. The Morgan fingerprint density at radius 1 is 1.42 bits per heavy atom. The van der Waals surface area contributed by atoms with Crippen molar-refractivity contribution < 1.29 is 27.8 Å². The first-order chi connectivity index (χ1) is 8.65. The molecular weight excluding hydrogens is 263 g/mol. The van der Waals surface area contributed by atoms with E-state index in [1.54, 1.807) is 12.1 Å². The van der Waals surface area contributed by atoms with Gasteiger partial charge in [0.2, 0.25) is 5.91 Å². The molecule has 7 heteroatoms. The number of anilines is 1. The number of rotatable bonds is 4. The van der Waals surface area contributed by atoms with E-state index in [2.05, 4.69) is 5.32 Å². The first kappa shape index (κ1) is 15.3. The fourth-order valence-electron chi connectivity index (χ4n) is 1.32. The number of carbonyl (C=O) groups is 1. The highest BCUT2D eigenvalue weighted by Crippen LogP contribution is 2.32. The van der Waals surface area contributed by atoms with Crippen molar-refractivity contribution in [3.8, 4) is 5.75 Å². The molecular formula is C12H14F3NO3. The number of ether oxygens (including phenoxy) is 1. The minimum absolute atomic E-state index is 0.294. The number of hydrogen-bond acceptors (Lipinski definition) is 3. The van der Waals surface area contributed by atoms with Gasteiger partial charge in [-0.3, -0.25) is 4.79 Å². The number of carbonyl (C=O) groups excluding carboxylic acids is 1. The smallest absolute Gasteiger partial charge is 0.417 e. The van der Waals surface area contributed by atoms with Crippen molar-refractivity contribution in [1.29, 1.82) is 0 Å². The summed E-state index contributed by atoms with van der Waals surface area (Å²) in [4.78, 5) is 11.5. The summed E-state index contributed by atoms with van der Waals surface area (Å²) in [5.74, 6) is -0.476. The molecule has 2 N–H and O–H groups in total. The summed E-state index contributed by atoms with van der Waals surface area (Å²) >= 11 is 0. The maximum absolute atomic E-state index is 12.4. The van der Waals surface area contributed by atoms with Crippen LogP contribution in [0, 0.1) is 0 Å². The van der Waals surface area contributed by atoms with Gasteiger partial charge in [-0.15, -0.1) is 0 Å². The van der Waals surface area contributed by atoms with Gasteiger partial charge in [-0.1, -0.05) is 6.07 Å². The number of nitrogens with one attached hydrogen (secondary N) is 1. The van der Waals surface area contributed by atoms with Gasteiger partial charge >= 0.3 is 6.18 Å². The normalized spacial score (nSPS) is 14.6. The Hall–Kier alpha value is -1.76. The monoisotopic (exact) mass is 277 g/mol. The van der Waals surface area contributed by atoms with E-state index in [1.807, 2.05) is 0 Å². The molecule has 0 spiro atoms. The van der Waals surface area contributed by atoms with E-state index in [1.165, 1.54) is 19.2 Å². The largest absolute Gasteiger partial charge is 0.497 e. The molecule has 0 aromatic heterocycles. The lowest BCUT2D eigenvalue weighted by molar-refractivity contribution is -0.252. The summed E-state index contributed by atoms with van der Waals surface area (Å²) in [7, 11) is 1.43. The molecule has 0 radical (unpaired) electrons. The average Bonchev–Trinajstić information content (AvgIpc) is 2.26. The lowest BCUT2D eigenvalue weighted by atomic mass is 10.0. The number of amides is 1. The van der Waals surface area contributed by atoms with Gasteiger partial charge < -0.3 is 15.2 Å². The van der Waals surface area contributed by atoms with Crippen LogP contribution in [0.15, 0.2) is 24.3 Å². The second-order valence-corrected chi connectivity index (χ2v) is 4.23. The van der Waals surface area contributed by atoms with E-state index < -0.39 is 24.1 Å². The Balaban J connectivity index is 2.70. The molecule has 0 saturated carbocycles. The van der Waals surface area contributed by atoms with Gasteiger partial charge in [-0.05, 0) is 19.1 Å². The zero-order chi connectivity index (χ0) is 14.7. The summed E-state index contributed by atoms with van der Waals surface area (Å²) in [5.41, 5.74) is -2.77. The number of aliphatic hydroxyl groups is 1. The molecule has 1 rings (SSSR count). The second-order valence-electron chi connectivity index (χ2n) is 4.23. The Morgan fingerprint density at radius 3 is 2.58 bits per heavy atom. The summed E-state index contributed by atoms with van der Waals surface area (Å²) < 4.78 is 42.1. The van der Waals surface area contributed by atoms with Crippen LogP contribution in [0.1, 0.15) is 13.3 Å². The maximum atomic E-state index is 12.4. The molecule has 0 saturated heterocycles. The third-order valence-electron chi connectivity index (χ3n) is 2.47. The van der Waals surface area contributed by atoms with E-state index in [0.29, 0.717) is 18.4 Å². The summed E-state index contributed by atoms with van der Waals surface area (Å²) in [6.07, 6.45) is -5.94. The third-order valence-corrected chi connectivity index (χ3v) is 2.47. The molecule has 0 bridgehead atoms. The van der Waals surface area contributed by atoms with E-state index in [4.69, 9.17) is 4.74 Å². The van der Waals surface area contributed by atoms with Crippen LogP contribution in [-0.2, 0) is 4.79 Å². The quantitative estimate of drug-likeness (QED) is 0.888. The molecule has 0 aliphatic carbocycles. The average molecular weight is 277 g/mol. The van der Waals surface area contributed by atoms with Crippen LogP contribution in [0.2, 0.25) is 0 Å². The van der Waals surface area contributed by atoms with E-state index in [9.17, 15) is 23.1 Å². The van der Waals surface area contributed by atoms with Crippen molar-refractivity contribution in [3.05, 3.63) is 24.3 Å². The minimum atomic E-state index is -4.86. The molecule has 0 aliphatic rings. The summed E-state index contributed by atoms with van der Waals surface area (Å²) in [6, 6.07) is 6.17. The molecule has 0 unspecified atom stereocenters. The van der Waals surface area contributed by atoms with Gasteiger partial charge in [-0.2, -0.15) is 13.2 Å². The molecule has 0 fully saturated rings. The van der Waals surface area contributed by atoms with Gasteiger partial charge in [0.05, 0.1) is 13.5 Å². The third kappa shape index (κ3) is 4.13. The highest BCUT2D eigenvalue weighted by Gasteiger charge is 2.50. The highest BCUT2D eigenvalue weighted by molar-refractivity contribution is 5.91. The van der Waals surface area contributed by atoms with Crippen LogP contribution in [0.25, 0.3) is 0 Å². The Morgan fingerprint density at radius 2 is 2.05 bits per heavy atom. The van der Waals surface area contributed by atoms with Crippen LogP contribution in [-0.4, -0.2) is 29.9 Å². The minimum Gasteiger partial charge on any atom is -0.497 e. The first-order valence-corrected chi connectivity index (χ1v) is 5.39. The summed E-state index contributed by atoms with van der Waals surface area (Å²) in [5, 5.41) is 11.5. The molecule has 19 heavy (non-hydrogen) atoms. The van der Waals surface area contributed by atoms with Crippen molar-refractivity contribution in [3.63, 3.8) is 0 Å². The molecule has 0 aliphatic heterocycles. The second kappa shape index (κ2) is 5.48. The van der Waals surface area contributed by atoms with Crippen LogP contribution in [0.3, 0.4) is 0 Å². The van der Waals surface area contributed by atoms with Crippen molar-refractivity contribution >= 4 is 11.6 Å². The maximum Gasteiger partial charge on any atom is 0.417 e. The van der Waals surface area contributed by atoms with Crippen LogP contribution in [0.4, 0.5) is 18.9 Å². The van der Waals surface area contributed by atoms with Crippen molar-refractivity contribution in [2.24, 2.45) is 0 Å². The fraction of sp³-hybridized carbons (Fsp3) is 0.417. The van der Waals surface area contributed by atoms with E-state index >= 15 is 0 Å². The topological polar surface area (TPSA) is 58.6 Å². The number of alkyl halides is 3. The highest BCUT2D eigenvalue weighted by atomic mass is 19.4. The van der Waals surface area contributed by atoms with Gasteiger partial charge in [0, 0.05) is 11.8 Å². The standard InChI is InChI=1S/C12H14F3NO3/c1-11(18,12(13,14)15)7-10(17)16-8-4-3-5-9(6-8)19-2/h3-6,18H,7H2,1-2H3,(H,16,17)/t11-/m1/s1. The Labute approximate surface area is 108 Å². The molecule has 1 aromatic rings. The van der Waals surface area contributed by atoms with Crippen molar-refractivity contribution in [2.45, 2.75) is 25.1 Å². The van der Waals surface area contributed by atoms with Gasteiger partial charge in [-0.25, -0.2) is 0 Å². The lowest BCUT2D eigenvalue weighted by Crippen LogP contribution is -2.44. The zero-order valence-electron chi connectivity index (χ0n) is 10.4. The SMILES string of the molecule is COc1cccc(NC(=O)C[C@@](C)(O)C(F)(F)F)c1. The van der Waals surface area contributed by atoms with E-state index in [-0.39, 0.29) is 0 Å². The molecule has 106 valence electrons. The van der Waals surface area contributed by atoms with Crippen LogP contribution in [0.5, 0.6) is 5.75 Å². The molecule has 1 atom stereocenters. The van der Waals surface area contributed by atoms with Gasteiger partial charge in [0.25, 0.3) is 0 Å². The molecule has 4 nitrogen and oxygen atoms in total. The zero-order valence-corrected chi connectivity index (χ0v) is 10.4. The van der Waals surface area contributed by atoms with E-state index in [0.717, 1.165) is 0 Å². The lowest BCUT2D eigenvalue weighted by Gasteiger charge is -2.25. The molecule has 0 heterocycles. The van der Waals surface area contributed by atoms with Gasteiger partial charge in [0.1, 0.15) is 5.75 Å². The predicted octanol–water partition coefficient (Wildman–Crippen LogP) is 2.34. The number of methoxy groups -OCH3 is 1. The van der Waals surface area contributed by atoms with Crippen LogP contribution < -0.4 is 10.1 Å². The number of halogens is 3. The molecule has 1 amide bonds. The van der Waals surface area contributed by atoms with Crippen molar-refractivity contribution in [1.82, 2.24) is 0 Å². The Kier molecular flexibility index (Phi) is 4.41. The number of hydrogen-bond donors (Lipinski definition) is 2. The number of benzene rings is 1.